The SMILES string of the molecule is N#Cc1ccc(Cl)cc1NC1CCSCC1. The van der Waals surface area contributed by atoms with Crippen LogP contribution in [0.5, 0.6) is 0 Å². The molecule has 0 unspecified atom stereocenters. The molecule has 1 aliphatic rings. The van der Waals surface area contributed by atoms with E-state index in [1.807, 2.05) is 17.8 Å². The average molecular weight is 253 g/mol. The van der Waals surface area contributed by atoms with Crippen LogP contribution in [-0.2, 0) is 0 Å². The number of hydrogen-bond donors (Lipinski definition) is 1. The zero-order valence-electron chi connectivity index (χ0n) is 8.87. The Morgan fingerprint density at radius 2 is 2.12 bits per heavy atom. The Morgan fingerprint density at radius 1 is 1.38 bits per heavy atom. The number of rotatable bonds is 2. The van der Waals surface area contributed by atoms with Gasteiger partial charge in [0.25, 0.3) is 0 Å². The molecule has 0 aliphatic carbocycles. The fraction of sp³-hybridized carbons (Fsp3) is 0.417. The predicted molar refractivity (Wildman–Crippen MR) is 70.1 cm³/mol. The largest absolute Gasteiger partial charge is 0.381 e. The second-order valence-corrected chi connectivity index (χ2v) is 5.49. The minimum atomic E-state index is 0.479. The summed E-state index contributed by atoms with van der Waals surface area (Å²) in [6, 6.07) is 8.02. The lowest BCUT2D eigenvalue weighted by Crippen LogP contribution is -2.24. The number of nitriles is 1. The Kier molecular flexibility index (Phi) is 3.98. The first-order valence-corrected chi connectivity index (χ1v) is 6.87. The Bertz CT molecular complexity index is 408. The molecule has 16 heavy (non-hydrogen) atoms. The van der Waals surface area contributed by atoms with Gasteiger partial charge in [-0.25, -0.2) is 0 Å². The summed E-state index contributed by atoms with van der Waals surface area (Å²) in [6.07, 6.45) is 2.31. The molecule has 0 saturated carbocycles. The van der Waals surface area contributed by atoms with E-state index in [0.29, 0.717) is 16.6 Å². The predicted octanol–water partition coefficient (Wildman–Crippen LogP) is 3.52. The summed E-state index contributed by atoms with van der Waals surface area (Å²) >= 11 is 7.93. The zero-order chi connectivity index (χ0) is 11.4. The summed E-state index contributed by atoms with van der Waals surface area (Å²) in [7, 11) is 0. The molecule has 2 rings (SSSR count). The molecule has 84 valence electrons. The molecule has 1 fully saturated rings. The van der Waals surface area contributed by atoms with Crippen molar-refractivity contribution in [2.45, 2.75) is 18.9 Å². The average Bonchev–Trinajstić information content (AvgIpc) is 2.31. The monoisotopic (exact) mass is 252 g/mol. The lowest BCUT2D eigenvalue weighted by atomic mass is 10.1. The summed E-state index contributed by atoms with van der Waals surface area (Å²) in [4.78, 5) is 0. The van der Waals surface area contributed by atoms with E-state index >= 15 is 0 Å². The summed E-state index contributed by atoms with van der Waals surface area (Å²) in [5, 5.41) is 13.1. The van der Waals surface area contributed by atoms with Crippen LogP contribution >= 0.6 is 23.4 Å². The molecule has 0 radical (unpaired) electrons. The minimum Gasteiger partial charge on any atom is -0.381 e. The van der Waals surface area contributed by atoms with E-state index in [0.717, 1.165) is 18.5 Å². The van der Waals surface area contributed by atoms with E-state index < -0.39 is 0 Å². The van der Waals surface area contributed by atoms with Gasteiger partial charge in [0.15, 0.2) is 0 Å². The number of thioether (sulfide) groups is 1. The minimum absolute atomic E-state index is 0.479. The van der Waals surface area contributed by atoms with Gasteiger partial charge < -0.3 is 5.32 Å². The van der Waals surface area contributed by atoms with Gasteiger partial charge in [0.05, 0.1) is 11.3 Å². The van der Waals surface area contributed by atoms with Gasteiger partial charge in [-0.05, 0) is 42.5 Å². The number of anilines is 1. The van der Waals surface area contributed by atoms with E-state index in [4.69, 9.17) is 16.9 Å². The number of nitrogens with one attached hydrogen (secondary N) is 1. The fourth-order valence-corrected chi connectivity index (χ4v) is 3.07. The van der Waals surface area contributed by atoms with E-state index in [-0.39, 0.29) is 0 Å². The molecule has 2 nitrogen and oxygen atoms in total. The van der Waals surface area contributed by atoms with Crippen LogP contribution in [0, 0.1) is 11.3 Å². The van der Waals surface area contributed by atoms with E-state index in [1.54, 1.807) is 12.1 Å². The smallest absolute Gasteiger partial charge is 0.101 e. The normalized spacial score (nSPS) is 16.8. The molecule has 0 aromatic heterocycles. The van der Waals surface area contributed by atoms with Crippen molar-refractivity contribution in [2.75, 3.05) is 16.8 Å². The molecule has 1 aromatic rings. The zero-order valence-corrected chi connectivity index (χ0v) is 10.4. The van der Waals surface area contributed by atoms with Gasteiger partial charge in [0.2, 0.25) is 0 Å². The van der Waals surface area contributed by atoms with Crippen LogP contribution in [0.4, 0.5) is 5.69 Å². The maximum atomic E-state index is 9.00. The van der Waals surface area contributed by atoms with Crippen LogP contribution in [0.3, 0.4) is 0 Å². The molecular weight excluding hydrogens is 240 g/mol. The first-order valence-electron chi connectivity index (χ1n) is 5.33. The molecular formula is C12H13ClN2S. The van der Waals surface area contributed by atoms with Crippen LogP contribution in [0.2, 0.25) is 5.02 Å². The van der Waals surface area contributed by atoms with Gasteiger partial charge in [0, 0.05) is 11.1 Å². The molecule has 4 heteroatoms. The maximum absolute atomic E-state index is 9.00. The van der Waals surface area contributed by atoms with Crippen molar-refractivity contribution in [3.8, 4) is 6.07 Å². The third-order valence-corrected chi connectivity index (χ3v) is 3.97. The number of halogens is 1. The van der Waals surface area contributed by atoms with Gasteiger partial charge >= 0.3 is 0 Å². The highest BCUT2D eigenvalue weighted by Gasteiger charge is 2.14. The van der Waals surface area contributed by atoms with Gasteiger partial charge in [-0.15, -0.1) is 0 Å². The van der Waals surface area contributed by atoms with Crippen LogP contribution in [0.15, 0.2) is 18.2 Å². The maximum Gasteiger partial charge on any atom is 0.101 e. The molecule has 1 heterocycles. The third kappa shape index (κ3) is 2.84. The summed E-state index contributed by atoms with van der Waals surface area (Å²) in [5.74, 6) is 2.39. The van der Waals surface area contributed by atoms with Crippen molar-refractivity contribution in [1.29, 1.82) is 5.26 Å². The van der Waals surface area contributed by atoms with Gasteiger partial charge in [-0.3, -0.25) is 0 Å². The molecule has 0 atom stereocenters. The second kappa shape index (κ2) is 5.47. The van der Waals surface area contributed by atoms with Crippen molar-refractivity contribution in [2.24, 2.45) is 0 Å². The first kappa shape index (κ1) is 11.6. The van der Waals surface area contributed by atoms with E-state index in [1.165, 1.54) is 11.5 Å². The van der Waals surface area contributed by atoms with Crippen LogP contribution in [0.1, 0.15) is 18.4 Å². The molecule has 1 saturated heterocycles. The van der Waals surface area contributed by atoms with Crippen molar-refractivity contribution in [1.82, 2.24) is 0 Å². The highest BCUT2D eigenvalue weighted by molar-refractivity contribution is 7.99. The lowest BCUT2D eigenvalue weighted by molar-refractivity contribution is 0.666. The van der Waals surface area contributed by atoms with Crippen molar-refractivity contribution < 1.29 is 0 Å². The molecule has 1 aromatic carbocycles. The fourth-order valence-electron chi connectivity index (χ4n) is 1.80. The van der Waals surface area contributed by atoms with Crippen LogP contribution in [0.25, 0.3) is 0 Å². The Hall–Kier alpha value is -0.850. The number of hydrogen-bond acceptors (Lipinski definition) is 3. The standard InChI is InChI=1S/C12H13ClN2S/c13-10-2-1-9(8-14)12(7-10)15-11-3-5-16-6-4-11/h1-2,7,11,15H,3-6H2. The molecule has 1 N–H and O–H groups in total. The van der Waals surface area contributed by atoms with Crippen molar-refractivity contribution in [3.05, 3.63) is 28.8 Å². The summed E-state index contributed by atoms with van der Waals surface area (Å²) in [5.41, 5.74) is 1.54. The summed E-state index contributed by atoms with van der Waals surface area (Å²) < 4.78 is 0. The topological polar surface area (TPSA) is 35.8 Å². The Morgan fingerprint density at radius 3 is 2.81 bits per heavy atom. The Balaban J connectivity index is 2.13. The molecule has 0 bridgehead atoms. The van der Waals surface area contributed by atoms with Gasteiger partial charge in [-0.1, -0.05) is 11.6 Å². The van der Waals surface area contributed by atoms with Crippen molar-refractivity contribution in [3.63, 3.8) is 0 Å². The lowest BCUT2D eigenvalue weighted by Gasteiger charge is -2.24. The highest BCUT2D eigenvalue weighted by atomic mass is 35.5. The first-order chi connectivity index (χ1) is 7.79. The van der Waals surface area contributed by atoms with Crippen LogP contribution < -0.4 is 5.32 Å². The number of nitrogens with zero attached hydrogens (tertiary/aromatic N) is 1. The van der Waals surface area contributed by atoms with Gasteiger partial charge in [0.1, 0.15) is 6.07 Å². The Labute approximate surface area is 105 Å². The third-order valence-electron chi connectivity index (χ3n) is 2.68. The molecule has 0 amide bonds. The van der Waals surface area contributed by atoms with Crippen molar-refractivity contribution >= 4 is 29.1 Å². The second-order valence-electron chi connectivity index (χ2n) is 3.83. The molecule has 0 spiro atoms. The van der Waals surface area contributed by atoms with E-state index in [9.17, 15) is 0 Å². The quantitative estimate of drug-likeness (QED) is 0.875. The molecule has 1 aliphatic heterocycles. The highest BCUT2D eigenvalue weighted by Crippen LogP contribution is 2.25. The van der Waals surface area contributed by atoms with Gasteiger partial charge in [-0.2, -0.15) is 17.0 Å². The van der Waals surface area contributed by atoms with E-state index in [2.05, 4.69) is 11.4 Å². The number of benzene rings is 1. The van der Waals surface area contributed by atoms with Crippen LogP contribution in [-0.4, -0.2) is 17.5 Å². The summed E-state index contributed by atoms with van der Waals surface area (Å²) in [6.45, 7) is 0.